The van der Waals surface area contributed by atoms with Gasteiger partial charge in [0.1, 0.15) is 0 Å². The van der Waals surface area contributed by atoms with Crippen LogP contribution in [0.4, 0.5) is 0 Å². The number of hydrogen-bond donors (Lipinski definition) is 1. The van der Waals surface area contributed by atoms with Gasteiger partial charge in [-0.25, -0.2) is 0 Å². The number of hydrogen-bond acceptors (Lipinski definition) is 1. The lowest BCUT2D eigenvalue weighted by Crippen LogP contribution is -2.00. The SMILES string of the molecule is C/C=C(/C)NC.CCC(C)C(C)C.CCCCC(C)C. The van der Waals surface area contributed by atoms with Crippen molar-refractivity contribution in [3.8, 4) is 0 Å². The lowest BCUT2D eigenvalue weighted by atomic mass is 9.96. The smallest absolute Gasteiger partial charge is 0.00300 e. The molecule has 0 aliphatic rings. The van der Waals surface area contributed by atoms with E-state index in [1.165, 1.54) is 31.4 Å². The molecule has 0 bridgehead atoms. The molecule has 20 heavy (non-hydrogen) atoms. The molecule has 0 rings (SSSR count). The molecule has 1 atom stereocenters. The van der Waals surface area contributed by atoms with E-state index in [4.69, 9.17) is 0 Å². The van der Waals surface area contributed by atoms with Crippen LogP contribution in [-0.4, -0.2) is 7.05 Å². The summed E-state index contributed by atoms with van der Waals surface area (Å²) in [5.41, 5.74) is 1.22. The molecule has 0 heterocycles. The van der Waals surface area contributed by atoms with Gasteiger partial charge >= 0.3 is 0 Å². The first-order valence-corrected chi connectivity index (χ1v) is 8.57. The van der Waals surface area contributed by atoms with Crippen molar-refractivity contribution in [1.82, 2.24) is 5.32 Å². The summed E-state index contributed by atoms with van der Waals surface area (Å²) >= 11 is 0. The molecule has 0 aromatic rings. The van der Waals surface area contributed by atoms with E-state index in [9.17, 15) is 0 Å². The molecule has 0 radical (unpaired) electrons. The second kappa shape index (κ2) is 18.5. The Hall–Kier alpha value is -0.460. The summed E-state index contributed by atoms with van der Waals surface area (Å²) in [6, 6.07) is 0. The monoisotopic (exact) mass is 285 g/mol. The van der Waals surface area contributed by atoms with Crippen molar-refractivity contribution in [3.63, 3.8) is 0 Å². The van der Waals surface area contributed by atoms with Crippen LogP contribution >= 0.6 is 0 Å². The molecule has 0 spiro atoms. The Bertz CT molecular complexity index is 192. The van der Waals surface area contributed by atoms with Crippen molar-refractivity contribution < 1.29 is 0 Å². The lowest BCUT2D eigenvalue weighted by molar-refractivity contribution is 0.407. The molecule has 0 aromatic heterocycles. The van der Waals surface area contributed by atoms with Crippen LogP contribution in [0.5, 0.6) is 0 Å². The van der Waals surface area contributed by atoms with Crippen molar-refractivity contribution in [2.45, 2.75) is 88.0 Å². The van der Waals surface area contributed by atoms with Crippen LogP contribution in [0.25, 0.3) is 0 Å². The topological polar surface area (TPSA) is 12.0 Å². The van der Waals surface area contributed by atoms with Gasteiger partial charge in [-0.2, -0.15) is 0 Å². The molecule has 1 unspecified atom stereocenters. The number of rotatable bonds is 6. The third-order valence-electron chi connectivity index (χ3n) is 3.74. The molecule has 0 saturated heterocycles. The average Bonchev–Trinajstić information content (AvgIpc) is 2.44. The van der Waals surface area contributed by atoms with Crippen LogP contribution in [-0.2, 0) is 0 Å². The first-order chi connectivity index (χ1) is 9.26. The third-order valence-corrected chi connectivity index (χ3v) is 3.74. The highest BCUT2D eigenvalue weighted by Gasteiger charge is 2.01. The molecule has 0 fully saturated rings. The number of nitrogens with one attached hydrogen (secondary N) is 1. The molecule has 1 N–H and O–H groups in total. The Morgan fingerprint density at radius 1 is 1.05 bits per heavy atom. The van der Waals surface area contributed by atoms with Gasteiger partial charge in [0.05, 0.1) is 0 Å². The Morgan fingerprint density at radius 3 is 1.60 bits per heavy atom. The zero-order chi connectivity index (χ0) is 16.6. The summed E-state index contributed by atoms with van der Waals surface area (Å²) in [4.78, 5) is 0. The minimum Gasteiger partial charge on any atom is -0.392 e. The van der Waals surface area contributed by atoms with Gasteiger partial charge < -0.3 is 5.32 Å². The van der Waals surface area contributed by atoms with Gasteiger partial charge in [-0.1, -0.05) is 80.2 Å². The van der Waals surface area contributed by atoms with Gasteiger partial charge in [0, 0.05) is 12.7 Å². The van der Waals surface area contributed by atoms with E-state index in [1.807, 2.05) is 27.0 Å². The summed E-state index contributed by atoms with van der Waals surface area (Å²) < 4.78 is 0. The second-order valence-electron chi connectivity index (χ2n) is 6.39. The fraction of sp³-hybridized carbons (Fsp3) is 0.895. The maximum Gasteiger partial charge on any atom is 0.00300 e. The van der Waals surface area contributed by atoms with E-state index in [2.05, 4.69) is 53.8 Å². The Kier molecular flexibility index (Phi) is 22.8. The van der Waals surface area contributed by atoms with Gasteiger partial charge in [-0.05, 0) is 31.6 Å². The van der Waals surface area contributed by atoms with E-state index in [-0.39, 0.29) is 0 Å². The summed E-state index contributed by atoms with van der Waals surface area (Å²) in [5.74, 6) is 2.67. The normalized spacial score (nSPS) is 12.3. The summed E-state index contributed by atoms with van der Waals surface area (Å²) in [7, 11) is 1.91. The molecule has 0 aromatic carbocycles. The Balaban J connectivity index is -0.000000218. The van der Waals surface area contributed by atoms with Crippen molar-refractivity contribution in [1.29, 1.82) is 0 Å². The number of unbranched alkanes of at least 4 members (excludes halogenated alkanes) is 1. The molecule has 0 aliphatic heterocycles. The standard InChI is InChI=1S/2C7H16.C5H11N/c1-5-7(4)6(2)3;1-4-5-6-7(2)3;1-4-5(2)6-3/h6-7H,5H2,1-4H3;7H,4-6H2,1-3H3;4,6H,1-3H3/b;;5-4-. The van der Waals surface area contributed by atoms with Crippen LogP contribution in [0.3, 0.4) is 0 Å². The maximum atomic E-state index is 2.98. The molecule has 1 heteroatoms. The average molecular weight is 286 g/mol. The van der Waals surface area contributed by atoms with E-state index in [0.717, 1.165) is 17.8 Å². The summed E-state index contributed by atoms with van der Waals surface area (Å²) in [6.45, 7) is 19.9. The van der Waals surface area contributed by atoms with Crippen LogP contribution in [0.1, 0.15) is 88.0 Å². The van der Waals surface area contributed by atoms with Gasteiger partial charge in [0.2, 0.25) is 0 Å². The second-order valence-corrected chi connectivity index (χ2v) is 6.39. The van der Waals surface area contributed by atoms with E-state index in [0.29, 0.717) is 0 Å². The predicted octanol–water partition coefficient (Wildman–Crippen LogP) is 6.65. The largest absolute Gasteiger partial charge is 0.392 e. The Morgan fingerprint density at radius 2 is 1.55 bits per heavy atom. The minimum atomic E-state index is 0.866. The molecule has 124 valence electrons. The van der Waals surface area contributed by atoms with Crippen LogP contribution < -0.4 is 5.32 Å². The van der Waals surface area contributed by atoms with Crippen molar-refractivity contribution >= 4 is 0 Å². The predicted molar refractivity (Wildman–Crippen MR) is 97.1 cm³/mol. The molecule has 0 amide bonds. The fourth-order valence-corrected chi connectivity index (χ4v) is 1.23. The van der Waals surface area contributed by atoms with Gasteiger partial charge in [0.15, 0.2) is 0 Å². The molecule has 1 nitrogen and oxygen atoms in total. The van der Waals surface area contributed by atoms with Crippen LogP contribution in [0.15, 0.2) is 11.8 Å². The highest BCUT2D eigenvalue weighted by Crippen LogP contribution is 2.11. The minimum absolute atomic E-state index is 0.866. The van der Waals surface area contributed by atoms with E-state index in [1.54, 1.807) is 0 Å². The molecular formula is C19H43N. The van der Waals surface area contributed by atoms with Crippen molar-refractivity contribution in [2.24, 2.45) is 17.8 Å². The molecule has 0 aliphatic carbocycles. The zero-order valence-corrected chi connectivity index (χ0v) is 16.1. The first-order valence-electron chi connectivity index (χ1n) is 8.57. The summed E-state index contributed by atoms with van der Waals surface area (Å²) in [5, 5.41) is 2.98. The van der Waals surface area contributed by atoms with Crippen molar-refractivity contribution in [2.75, 3.05) is 7.05 Å². The third kappa shape index (κ3) is 26.2. The molecule has 0 saturated carbocycles. The highest BCUT2D eigenvalue weighted by molar-refractivity contribution is 4.90. The van der Waals surface area contributed by atoms with Gasteiger partial charge in [0.25, 0.3) is 0 Å². The Labute approximate surface area is 130 Å². The summed E-state index contributed by atoms with van der Waals surface area (Å²) in [6.07, 6.45) is 7.49. The van der Waals surface area contributed by atoms with Crippen LogP contribution in [0.2, 0.25) is 0 Å². The highest BCUT2D eigenvalue weighted by atomic mass is 14.8. The van der Waals surface area contributed by atoms with E-state index < -0.39 is 0 Å². The van der Waals surface area contributed by atoms with E-state index >= 15 is 0 Å². The molecular weight excluding hydrogens is 242 g/mol. The van der Waals surface area contributed by atoms with Crippen molar-refractivity contribution in [3.05, 3.63) is 11.8 Å². The van der Waals surface area contributed by atoms with Crippen LogP contribution in [0, 0.1) is 17.8 Å². The van der Waals surface area contributed by atoms with Gasteiger partial charge in [-0.15, -0.1) is 0 Å². The first kappa shape index (κ1) is 24.6. The van der Waals surface area contributed by atoms with Gasteiger partial charge in [-0.3, -0.25) is 0 Å². The maximum absolute atomic E-state index is 2.98. The number of allylic oxidation sites excluding steroid dienone is 2. The zero-order valence-electron chi connectivity index (χ0n) is 16.1. The lowest BCUT2D eigenvalue weighted by Gasteiger charge is -2.10. The fourth-order valence-electron chi connectivity index (χ4n) is 1.23. The quantitative estimate of drug-likeness (QED) is 0.576.